The summed E-state index contributed by atoms with van der Waals surface area (Å²) in [5, 5.41) is 0. The van der Waals surface area contributed by atoms with Gasteiger partial charge in [0.15, 0.2) is 0 Å². The van der Waals surface area contributed by atoms with Gasteiger partial charge in [0.1, 0.15) is 0 Å². The van der Waals surface area contributed by atoms with Crippen molar-refractivity contribution in [1.82, 2.24) is 0 Å². The highest BCUT2D eigenvalue weighted by Gasteiger charge is 2.18. The first kappa shape index (κ1) is 23.9. The molecule has 0 amide bonds. The maximum atomic E-state index is 11.4. The molecule has 0 saturated carbocycles. The molecule has 0 heterocycles. The van der Waals surface area contributed by atoms with Crippen LogP contribution >= 0.6 is 0 Å². The number of ether oxygens (including phenoxy) is 1. The van der Waals surface area contributed by atoms with Crippen molar-refractivity contribution in [2.75, 3.05) is 13.2 Å². The fraction of sp³-hybridized carbons (Fsp3) is 0.900. The largest absolute Gasteiger partial charge is 0.457 e. The Morgan fingerprint density at radius 3 is 1.56 bits per heavy atom. The van der Waals surface area contributed by atoms with Gasteiger partial charge in [-0.05, 0) is 12.8 Å². The smallest absolute Gasteiger partial charge is 0.449 e. The summed E-state index contributed by atoms with van der Waals surface area (Å²) >= 11 is 0. The average Bonchev–Trinajstić information content (AvgIpc) is 2.62. The molecule has 148 valence electrons. The van der Waals surface area contributed by atoms with Gasteiger partial charge in [-0.25, -0.2) is 9.59 Å². The summed E-state index contributed by atoms with van der Waals surface area (Å²) < 4.78 is 4.88. The summed E-state index contributed by atoms with van der Waals surface area (Å²) in [6, 6.07) is 0. The van der Waals surface area contributed by atoms with Crippen LogP contribution in [0.3, 0.4) is 0 Å². The monoisotopic (exact) mass is 358 g/mol. The van der Waals surface area contributed by atoms with Gasteiger partial charge in [-0.15, -0.1) is 0 Å². The first-order valence-electron chi connectivity index (χ1n) is 10.2. The zero-order valence-electron chi connectivity index (χ0n) is 16.4. The van der Waals surface area contributed by atoms with E-state index in [4.69, 9.17) is 9.62 Å². The van der Waals surface area contributed by atoms with Crippen molar-refractivity contribution >= 4 is 11.9 Å². The quantitative estimate of drug-likeness (QED) is 0.113. The van der Waals surface area contributed by atoms with E-state index in [0.29, 0.717) is 6.61 Å². The molecule has 0 aliphatic heterocycles. The highest BCUT2D eigenvalue weighted by Crippen LogP contribution is 2.10. The van der Waals surface area contributed by atoms with E-state index in [1.54, 1.807) is 0 Å². The molecule has 0 rings (SSSR count). The van der Waals surface area contributed by atoms with Gasteiger partial charge >= 0.3 is 11.9 Å². The van der Waals surface area contributed by atoms with Crippen LogP contribution in [0.15, 0.2) is 0 Å². The lowest BCUT2D eigenvalue weighted by atomic mass is 10.1. The van der Waals surface area contributed by atoms with Crippen LogP contribution in [0.5, 0.6) is 0 Å². The van der Waals surface area contributed by atoms with Crippen molar-refractivity contribution in [3.8, 4) is 0 Å². The van der Waals surface area contributed by atoms with Crippen molar-refractivity contribution in [2.24, 2.45) is 0 Å². The summed E-state index contributed by atoms with van der Waals surface area (Å²) in [5.41, 5.74) is 0. The number of carbonyl (C=O) groups is 2. The lowest BCUT2D eigenvalue weighted by molar-refractivity contribution is -0.272. The summed E-state index contributed by atoms with van der Waals surface area (Å²) in [7, 11) is 0. The molecule has 0 radical (unpaired) electrons. The Kier molecular flexibility index (Phi) is 18.4. The van der Waals surface area contributed by atoms with E-state index in [2.05, 4.69) is 18.7 Å². The van der Waals surface area contributed by atoms with Gasteiger partial charge in [0.25, 0.3) is 0 Å². The molecular formula is C20H38O5. The second-order valence-electron chi connectivity index (χ2n) is 6.57. The highest BCUT2D eigenvalue weighted by molar-refractivity contribution is 6.29. The van der Waals surface area contributed by atoms with Crippen LogP contribution in [0.4, 0.5) is 0 Å². The Hall–Kier alpha value is -1.10. The zero-order chi connectivity index (χ0) is 18.6. The van der Waals surface area contributed by atoms with E-state index in [-0.39, 0.29) is 6.61 Å². The molecule has 0 aromatic carbocycles. The summed E-state index contributed by atoms with van der Waals surface area (Å²) in [6.07, 6.45) is 16.2. The summed E-state index contributed by atoms with van der Waals surface area (Å²) in [6.45, 7) is 4.93. The third kappa shape index (κ3) is 17.5. The molecule has 25 heavy (non-hydrogen) atoms. The number of hydrogen-bond donors (Lipinski definition) is 0. The molecule has 0 aromatic rings. The fourth-order valence-electron chi connectivity index (χ4n) is 2.53. The molecular weight excluding hydrogens is 320 g/mol. The zero-order valence-corrected chi connectivity index (χ0v) is 16.4. The van der Waals surface area contributed by atoms with E-state index in [1.807, 2.05) is 0 Å². The van der Waals surface area contributed by atoms with Crippen molar-refractivity contribution in [3.63, 3.8) is 0 Å². The molecule has 5 heteroatoms. The van der Waals surface area contributed by atoms with Crippen molar-refractivity contribution in [2.45, 2.75) is 104 Å². The Balaban J connectivity index is 3.32. The van der Waals surface area contributed by atoms with E-state index in [0.717, 1.165) is 44.9 Å². The standard InChI is InChI=1S/C20H38O5/c1-3-5-7-9-10-11-12-13-14-15-17-23-19(21)20(22)25-24-18-16-8-6-4-2/h3-18H2,1-2H3. The lowest BCUT2D eigenvalue weighted by Crippen LogP contribution is -2.21. The molecule has 0 unspecified atom stereocenters. The molecule has 0 aliphatic rings. The SMILES string of the molecule is CCCCCCCCCCCCOC(=O)C(=O)OOCCCCCC. The number of hydrogen-bond acceptors (Lipinski definition) is 5. The third-order valence-electron chi connectivity index (χ3n) is 4.11. The number of rotatable bonds is 17. The van der Waals surface area contributed by atoms with Crippen LogP contribution in [0, 0.1) is 0 Å². The molecule has 0 aliphatic carbocycles. The second-order valence-corrected chi connectivity index (χ2v) is 6.57. The minimum atomic E-state index is -1.07. The Morgan fingerprint density at radius 2 is 1.00 bits per heavy atom. The van der Waals surface area contributed by atoms with E-state index < -0.39 is 11.9 Å². The van der Waals surface area contributed by atoms with Crippen LogP contribution in [0.2, 0.25) is 0 Å². The molecule has 5 nitrogen and oxygen atoms in total. The van der Waals surface area contributed by atoms with E-state index in [1.165, 1.54) is 44.9 Å². The van der Waals surface area contributed by atoms with Crippen LogP contribution in [-0.2, 0) is 24.1 Å². The Labute approximate surface area is 153 Å². The Bertz CT molecular complexity index is 317. The molecule has 0 aromatic heterocycles. The first-order valence-corrected chi connectivity index (χ1v) is 10.2. The van der Waals surface area contributed by atoms with Crippen molar-refractivity contribution in [3.05, 3.63) is 0 Å². The summed E-state index contributed by atoms with van der Waals surface area (Å²) in [4.78, 5) is 31.9. The van der Waals surface area contributed by atoms with Crippen LogP contribution < -0.4 is 0 Å². The maximum Gasteiger partial charge on any atom is 0.449 e. The van der Waals surface area contributed by atoms with Gasteiger partial charge in [0.2, 0.25) is 0 Å². The average molecular weight is 359 g/mol. The van der Waals surface area contributed by atoms with Gasteiger partial charge in [0, 0.05) is 0 Å². The number of esters is 1. The van der Waals surface area contributed by atoms with Gasteiger partial charge in [-0.2, -0.15) is 4.89 Å². The minimum Gasteiger partial charge on any atom is -0.457 e. The predicted molar refractivity (Wildman–Crippen MR) is 99.0 cm³/mol. The molecule has 0 saturated heterocycles. The van der Waals surface area contributed by atoms with Crippen LogP contribution in [0.1, 0.15) is 104 Å². The van der Waals surface area contributed by atoms with E-state index >= 15 is 0 Å². The molecule has 0 N–H and O–H groups in total. The number of unbranched alkanes of at least 4 members (excludes halogenated alkanes) is 12. The molecule has 0 atom stereocenters. The van der Waals surface area contributed by atoms with E-state index in [9.17, 15) is 9.59 Å². The lowest BCUT2D eigenvalue weighted by Gasteiger charge is -2.05. The minimum absolute atomic E-state index is 0.265. The van der Waals surface area contributed by atoms with Gasteiger partial charge < -0.3 is 4.74 Å². The Morgan fingerprint density at radius 1 is 0.560 bits per heavy atom. The normalized spacial score (nSPS) is 10.6. The molecule has 0 bridgehead atoms. The second kappa shape index (κ2) is 19.2. The molecule has 0 spiro atoms. The summed E-state index contributed by atoms with van der Waals surface area (Å²) in [5.74, 6) is -2.04. The maximum absolute atomic E-state index is 11.4. The van der Waals surface area contributed by atoms with Crippen molar-refractivity contribution in [1.29, 1.82) is 0 Å². The van der Waals surface area contributed by atoms with Crippen LogP contribution in [0.25, 0.3) is 0 Å². The highest BCUT2D eigenvalue weighted by atomic mass is 17.2. The van der Waals surface area contributed by atoms with Crippen LogP contribution in [-0.4, -0.2) is 25.2 Å². The fourth-order valence-corrected chi connectivity index (χ4v) is 2.53. The number of carbonyl (C=O) groups excluding carboxylic acids is 2. The van der Waals surface area contributed by atoms with Gasteiger partial charge in [0.05, 0.1) is 13.2 Å². The topological polar surface area (TPSA) is 61.8 Å². The first-order chi connectivity index (χ1) is 12.2. The van der Waals surface area contributed by atoms with Crippen molar-refractivity contribution < 1.29 is 24.1 Å². The predicted octanol–water partition coefficient (Wildman–Crippen LogP) is 5.51. The third-order valence-corrected chi connectivity index (χ3v) is 4.11. The van der Waals surface area contributed by atoms with Gasteiger partial charge in [-0.1, -0.05) is 90.9 Å². The van der Waals surface area contributed by atoms with Gasteiger partial charge in [-0.3, -0.25) is 4.89 Å². The molecule has 0 fully saturated rings.